The molecule has 0 saturated heterocycles. The van der Waals surface area contributed by atoms with E-state index in [9.17, 15) is 0 Å². The van der Waals surface area contributed by atoms with E-state index in [4.69, 9.17) is 5.11 Å². The lowest BCUT2D eigenvalue weighted by Crippen LogP contribution is -2.16. The molecule has 2 heterocycles. The third-order valence-corrected chi connectivity index (χ3v) is 2.56. The number of nitrogens with zero attached hydrogens (tertiary/aromatic N) is 4. The van der Waals surface area contributed by atoms with E-state index in [1.165, 1.54) is 5.56 Å². The highest BCUT2D eigenvalue weighted by Gasteiger charge is 1.99. The number of nitrogens with one attached hydrogen (secondary N) is 1. The Balaban J connectivity index is 1.68. The minimum absolute atomic E-state index is 0.0816. The van der Waals surface area contributed by atoms with Crippen LogP contribution in [0.3, 0.4) is 0 Å². The summed E-state index contributed by atoms with van der Waals surface area (Å²) >= 11 is 0. The van der Waals surface area contributed by atoms with Gasteiger partial charge in [-0.2, -0.15) is 0 Å². The molecule has 18 heavy (non-hydrogen) atoms. The fourth-order valence-corrected chi connectivity index (χ4v) is 1.63. The maximum atomic E-state index is 8.76. The van der Waals surface area contributed by atoms with E-state index in [0.717, 1.165) is 18.7 Å². The molecule has 0 spiro atoms. The van der Waals surface area contributed by atoms with Crippen LogP contribution >= 0.6 is 0 Å². The normalized spacial score (nSPS) is 10.7. The molecule has 0 aliphatic rings. The smallest absolute Gasteiger partial charge is 0.0964 e. The zero-order valence-corrected chi connectivity index (χ0v) is 10.2. The standard InChI is InChI=1S/C12H17N5O/c18-8-7-17-10-12(15-16-17)9-14-6-3-11-1-4-13-5-2-11/h1-2,4-5,10,14,18H,3,6-9H2. The van der Waals surface area contributed by atoms with Crippen molar-refractivity contribution in [2.45, 2.75) is 19.5 Å². The number of aliphatic hydroxyl groups is 1. The predicted molar refractivity (Wildman–Crippen MR) is 66.8 cm³/mol. The third kappa shape index (κ3) is 3.90. The first-order valence-electron chi connectivity index (χ1n) is 5.98. The summed E-state index contributed by atoms with van der Waals surface area (Å²) in [5.41, 5.74) is 2.15. The average molecular weight is 247 g/mol. The minimum Gasteiger partial charge on any atom is -0.394 e. The van der Waals surface area contributed by atoms with Gasteiger partial charge in [0.2, 0.25) is 0 Å². The third-order valence-electron chi connectivity index (χ3n) is 2.56. The molecule has 96 valence electrons. The molecule has 0 fully saturated rings. The van der Waals surface area contributed by atoms with E-state index in [0.29, 0.717) is 13.1 Å². The van der Waals surface area contributed by atoms with Crippen molar-refractivity contribution in [3.63, 3.8) is 0 Å². The first-order chi connectivity index (χ1) is 8.88. The molecule has 0 radical (unpaired) electrons. The van der Waals surface area contributed by atoms with Crippen LogP contribution < -0.4 is 5.32 Å². The van der Waals surface area contributed by atoms with E-state index in [1.807, 2.05) is 18.3 Å². The Morgan fingerprint density at radius 1 is 1.28 bits per heavy atom. The molecule has 2 aromatic rings. The molecule has 0 atom stereocenters. The van der Waals surface area contributed by atoms with Gasteiger partial charge in [0.1, 0.15) is 0 Å². The minimum atomic E-state index is 0.0816. The molecule has 2 rings (SSSR count). The van der Waals surface area contributed by atoms with Gasteiger partial charge in [0.15, 0.2) is 0 Å². The summed E-state index contributed by atoms with van der Waals surface area (Å²) in [6.07, 6.45) is 6.41. The lowest BCUT2D eigenvalue weighted by molar-refractivity contribution is 0.268. The summed E-state index contributed by atoms with van der Waals surface area (Å²) in [4.78, 5) is 3.98. The van der Waals surface area contributed by atoms with Crippen molar-refractivity contribution in [3.05, 3.63) is 42.0 Å². The lowest BCUT2D eigenvalue weighted by Gasteiger charge is -2.02. The van der Waals surface area contributed by atoms with E-state index in [1.54, 1.807) is 17.1 Å². The van der Waals surface area contributed by atoms with E-state index in [-0.39, 0.29) is 6.61 Å². The Morgan fingerprint density at radius 2 is 2.11 bits per heavy atom. The van der Waals surface area contributed by atoms with Crippen LogP contribution in [-0.2, 0) is 19.5 Å². The summed E-state index contributed by atoms with van der Waals surface area (Å²) in [5, 5.41) is 20.0. The molecule has 2 N–H and O–H groups in total. The number of aromatic nitrogens is 4. The molecule has 0 amide bonds. The highest BCUT2D eigenvalue weighted by Crippen LogP contribution is 1.97. The molecule has 6 heteroatoms. The second-order valence-corrected chi connectivity index (χ2v) is 3.98. The quantitative estimate of drug-likeness (QED) is 0.673. The van der Waals surface area contributed by atoms with Gasteiger partial charge in [-0.05, 0) is 30.7 Å². The molecule has 0 bridgehead atoms. The molecular weight excluding hydrogens is 230 g/mol. The summed E-state index contributed by atoms with van der Waals surface area (Å²) in [6, 6.07) is 4.03. The molecule has 0 aromatic carbocycles. The fourth-order valence-electron chi connectivity index (χ4n) is 1.63. The summed E-state index contributed by atoms with van der Waals surface area (Å²) in [6.45, 7) is 2.15. The number of rotatable bonds is 7. The van der Waals surface area contributed by atoms with Gasteiger partial charge in [-0.15, -0.1) is 5.10 Å². The van der Waals surface area contributed by atoms with Gasteiger partial charge in [-0.3, -0.25) is 4.98 Å². The van der Waals surface area contributed by atoms with Crippen molar-refractivity contribution >= 4 is 0 Å². The van der Waals surface area contributed by atoms with Crippen molar-refractivity contribution in [2.75, 3.05) is 13.2 Å². The van der Waals surface area contributed by atoms with Crippen LogP contribution in [0.2, 0.25) is 0 Å². The maximum absolute atomic E-state index is 8.76. The monoisotopic (exact) mass is 247 g/mol. The van der Waals surface area contributed by atoms with Crippen molar-refractivity contribution in [1.82, 2.24) is 25.3 Å². The maximum Gasteiger partial charge on any atom is 0.0964 e. The van der Waals surface area contributed by atoms with Gasteiger partial charge >= 0.3 is 0 Å². The molecular formula is C12H17N5O. The Kier molecular flexibility index (Phi) is 4.80. The van der Waals surface area contributed by atoms with Gasteiger partial charge in [-0.1, -0.05) is 5.21 Å². The van der Waals surface area contributed by atoms with Gasteiger partial charge in [0, 0.05) is 25.1 Å². The second-order valence-electron chi connectivity index (χ2n) is 3.98. The molecule has 0 saturated carbocycles. The molecule has 0 aliphatic heterocycles. The predicted octanol–water partition coefficient (Wildman–Crippen LogP) is -0.00230. The zero-order chi connectivity index (χ0) is 12.6. The van der Waals surface area contributed by atoms with Gasteiger partial charge < -0.3 is 10.4 Å². The number of pyridine rings is 1. The Morgan fingerprint density at radius 3 is 2.89 bits per heavy atom. The number of aliphatic hydroxyl groups excluding tert-OH is 1. The van der Waals surface area contributed by atoms with Crippen LogP contribution in [-0.4, -0.2) is 38.2 Å². The van der Waals surface area contributed by atoms with Crippen molar-refractivity contribution in [3.8, 4) is 0 Å². The van der Waals surface area contributed by atoms with Crippen molar-refractivity contribution < 1.29 is 5.11 Å². The topological polar surface area (TPSA) is 75.9 Å². The van der Waals surface area contributed by atoms with Crippen molar-refractivity contribution in [2.24, 2.45) is 0 Å². The summed E-state index contributed by atoms with van der Waals surface area (Å²) in [7, 11) is 0. The van der Waals surface area contributed by atoms with E-state index >= 15 is 0 Å². The first-order valence-corrected chi connectivity index (χ1v) is 5.98. The van der Waals surface area contributed by atoms with Crippen LogP contribution in [0.25, 0.3) is 0 Å². The number of hydrogen-bond acceptors (Lipinski definition) is 5. The molecule has 0 unspecified atom stereocenters. The highest BCUT2D eigenvalue weighted by atomic mass is 16.3. The molecule has 0 aliphatic carbocycles. The van der Waals surface area contributed by atoms with Gasteiger partial charge in [0.05, 0.1) is 18.8 Å². The lowest BCUT2D eigenvalue weighted by atomic mass is 10.2. The average Bonchev–Trinajstić information content (AvgIpc) is 2.84. The van der Waals surface area contributed by atoms with E-state index < -0.39 is 0 Å². The van der Waals surface area contributed by atoms with Crippen LogP contribution in [0.1, 0.15) is 11.3 Å². The summed E-state index contributed by atoms with van der Waals surface area (Å²) < 4.78 is 1.64. The Hall–Kier alpha value is -1.79. The van der Waals surface area contributed by atoms with Crippen LogP contribution in [0.15, 0.2) is 30.7 Å². The molecule has 6 nitrogen and oxygen atoms in total. The van der Waals surface area contributed by atoms with Crippen molar-refractivity contribution in [1.29, 1.82) is 0 Å². The van der Waals surface area contributed by atoms with Gasteiger partial charge in [0.25, 0.3) is 0 Å². The fraction of sp³-hybridized carbons (Fsp3) is 0.417. The largest absolute Gasteiger partial charge is 0.394 e. The highest BCUT2D eigenvalue weighted by molar-refractivity contribution is 5.09. The van der Waals surface area contributed by atoms with E-state index in [2.05, 4.69) is 20.6 Å². The van der Waals surface area contributed by atoms with Crippen LogP contribution in [0.5, 0.6) is 0 Å². The SMILES string of the molecule is OCCn1cc(CNCCc2ccncc2)nn1. The Bertz CT molecular complexity index is 457. The zero-order valence-electron chi connectivity index (χ0n) is 10.2. The Labute approximate surface area is 106 Å². The molecule has 2 aromatic heterocycles. The second kappa shape index (κ2) is 6.83. The van der Waals surface area contributed by atoms with Gasteiger partial charge in [-0.25, -0.2) is 4.68 Å². The summed E-state index contributed by atoms with van der Waals surface area (Å²) in [5.74, 6) is 0. The number of hydrogen-bond donors (Lipinski definition) is 2. The first kappa shape index (κ1) is 12.7. The van der Waals surface area contributed by atoms with Crippen LogP contribution in [0, 0.1) is 0 Å². The van der Waals surface area contributed by atoms with Crippen LogP contribution in [0.4, 0.5) is 0 Å².